The van der Waals surface area contributed by atoms with Crippen LogP contribution in [0.4, 0.5) is 5.69 Å². The van der Waals surface area contributed by atoms with E-state index in [1.807, 2.05) is 48.5 Å². The van der Waals surface area contributed by atoms with Gasteiger partial charge in [-0.2, -0.15) is 0 Å². The monoisotopic (exact) mass is 292 g/mol. The Kier molecular flexibility index (Phi) is 4.01. The maximum Gasteiger partial charge on any atom is 0.161 e. The van der Waals surface area contributed by atoms with Crippen molar-refractivity contribution < 1.29 is 9.47 Å². The first-order valence-electron chi connectivity index (χ1n) is 6.91. The number of aliphatic imine (C=N–C) groups is 1. The zero-order chi connectivity index (χ0) is 15.4. The standard InChI is InChI=1S/C18H16N2O2/c1-21-17-8-7-13(9-18(17)22-2)11-19-15-10-14-5-3-4-6-16(14)20-12-15/h3-12H,1-2H3. The number of para-hydroxylation sites is 1. The average molecular weight is 292 g/mol. The average Bonchev–Trinajstić information content (AvgIpc) is 2.59. The summed E-state index contributed by atoms with van der Waals surface area (Å²) in [4.78, 5) is 8.87. The first kappa shape index (κ1) is 14.1. The molecule has 0 unspecified atom stereocenters. The van der Waals surface area contributed by atoms with Crippen molar-refractivity contribution in [2.45, 2.75) is 0 Å². The molecule has 3 rings (SSSR count). The molecule has 4 heteroatoms. The second kappa shape index (κ2) is 6.26. The molecule has 3 aromatic rings. The lowest BCUT2D eigenvalue weighted by Crippen LogP contribution is -1.91. The summed E-state index contributed by atoms with van der Waals surface area (Å²) < 4.78 is 10.5. The number of hydrogen-bond acceptors (Lipinski definition) is 4. The van der Waals surface area contributed by atoms with Gasteiger partial charge in [-0.1, -0.05) is 18.2 Å². The highest BCUT2D eigenvalue weighted by atomic mass is 16.5. The Bertz CT molecular complexity index is 828. The Hall–Kier alpha value is -2.88. The van der Waals surface area contributed by atoms with Gasteiger partial charge in [0.25, 0.3) is 0 Å². The maximum absolute atomic E-state index is 5.29. The topological polar surface area (TPSA) is 43.7 Å². The van der Waals surface area contributed by atoms with Gasteiger partial charge < -0.3 is 9.47 Å². The van der Waals surface area contributed by atoms with Gasteiger partial charge in [-0.3, -0.25) is 9.98 Å². The van der Waals surface area contributed by atoms with Gasteiger partial charge in [0.1, 0.15) is 0 Å². The second-order valence-corrected chi connectivity index (χ2v) is 4.76. The van der Waals surface area contributed by atoms with E-state index in [9.17, 15) is 0 Å². The molecule has 0 amide bonds. The van der Waals surface area contributed by atoms with Crippen molar-refractivity contribution in [3.63, 3.8) is 0 Å². The number of rotatable bonds is 4. The number of aromatic nitrogens is 1. The summed E-state index contributed by atoms with van der Waals surface area (Å²) in [5.41, 5.74) is 2.71. The van der Waals surface area contributed by atoms with Gasteiger partial charge in [0, 0.05) is 11.6 Å². The quantitative estimate of drug-likeness (QED) is 0.683. The molecule has 0 aliphatic rings. The Balaban J connectivity index is 1.89. The van der Waals surface area contributed by atoms with Gasteiger partial charge >= 0.3 is 0 Å². The molecule has 0 radical (unpaired) electrons. The highest BCUT2D eigenvalue weighted by molar-refractivity contribution is 5.85. The molecule has 0 aliphatic carbocycles. The lowest BCUT2D eigenvalue weighted by atomic mass is 10.2. The van der Waals surface area contributed by atoms with Crippen molar-refractivity contribution in [3.8, 4) is 11.5 Å². The largest absolute Gasteiger partial charge is 0.493 e. The Morgan fingerprint density at radius 2 is 1.77 bits per heavy atom. The minimum atomic E-state index is 0.683. The van der Waals surface area contributed by atoms with Gasteiger partial charge in [-0.15, -0.1) is 0 Å². The Labute approximate surface area is 129 Å². The van der Waals surface area contributed by atoms with Crippen LogP contribution < -0.4 is 9.47 Å². The fourth-order valence-electron chi connectivity index (χ4n) is 2.21. The molecule has 1 heterocycles. The van der Waals surface area contributed by atoms with Crippen LogP contribution in [0.3, 0.4) is 0 Å². The minimum absolute atomic E-state index is 0.683. The third-order valence-electron chi connectivity index (χ3n) is 3.35. The molecular formula is C18H16N2O2. The van der Waals surface area contributed by atoms with E-state index in [1.165, 1.54) is 0 Å². The fourth-order valence-corrected chi connectivity index (χ4v) is 2.21. The van der Waals surface area contributed by atoms with E-state index < -0.39 is 0 Å². The van der Waals surface area contributed by atoms with Crippen molar-refractivity contribution in [3.05, 3.63) is 60.3 Å². The van der Waals surface area contributed by atoms with Crippen LogP contribution in [0.5, 0.6) is 11.5 Å². The van der Waals surface area contributed by atoms with Gasteiger partial charge in [0.2, 0.25) is 0 Å². The summed E-state index contributed by atoms with van der Waals surface area (Å²) in [6.45, 7) is 0. The van der Waals surface area contributed by atoms with E-state index in [0.717, 1.165) is 22.2 Å². The number of hydrogen-bond donors (Lipinski definition) is 0. The predicted molar refractivity (Wildman–Crippen MR) is 88.5 cm³/mol. The van der Waals surface area contributed by atoms with E-state index in [1.54, 1.807) is 26.6 Å². The summed E-state index contributed by atoms with van der Waals surface area (Å²) in [5, 5.41) is 1.07. The molecule has 0 spiro atoms. The van der Waals surface area contributed by atoms with Crippen LogP contribution in [0.2, 0.25) is 0 Å². The number of nitrogens with zero attached hydrogens (tertiary/aromatic N) is 2. The third-order valence-corrected chi connectivity index (χ3v) is 3.35. The highest BCUT2D eigenvalue weighted by Crippen LogP contribution is 2.27. The zero-order valence-corrected chi connectivity index (χ0v) is 12.5. The number of ether oxygens (including phenoxy) is 2. The number of methoxy groups -OCH3 is 2. The van der Waals surface area contributed by atoms with Crippen LogP contribution >= 0.6 is 0 Å². The van der Waals surface area contributed by atoms with E-state index in [2.05, 4.69) is 9.98 Å². The smallest absolute Gasteiger partial charge is 0.161 e. The van der Waals surface area contributed by atoms with Crippen LogP contribution in [0.15, 0.2) is 59.7 Å². The maximum atomic E-state index is 5.29. The third kappa shape index (κ3) is 2.91. The van der Waals surface area contributed by atoms with Crippen molar-refractivity contribution in [2.75, 3.05) is 14.2 Å². The van der Waals surface area contributed by atoms with Crippen LogP contribution in [0.1, 0.15) is 5.56 Å². The van der Waals surface area contributed by atoms with Crippen molar-refractivity contribution in [1.82, 2.24) is 4.98 Å². The molecule has 2 aromatic carbocycles. The summed E-state index contributed by atoms with van der Waals surface area (Å²) >= 11 is 0. The molecule has 0 saturated heterocycles. The van der Waals surface area contributed by atoms with Gasteiger partial charge in [-0.25, -0.2) is 0 Å². The summed E-state index contributed by atoms with van der Waals surface area (Å²) in [7, 11) is 3.23. The SMILES string of the molecule is COc1ccc(C=Nc2cnc3ccccc3c2)cc1OC. The van der Waals surface area contributed by atoms with E-state index in [0.29, 0.717) is 11.5 Å². The molecule has 0 fully saturated rings. The molecule has 110 valence electrons. The van der Waals surface area contributed by atoms with Crippen LogP contribution in [-0.4, -0.2) is 25.4 Å². The van der Waals surface area contributed by atoms with Crippen LogP contribution in [0, 0.1) is 0 Å². The number of pyridine rings is 1. The van der Waals surface area contributed by atoms with Crippen LogP contribution in [-0.2, 0) is 0 Å². The van der Waals surface area contributed by atoms with Gasteiger partial charge in [0.15, 0.2) is 11.5 Å². The lowest BCUT2D eigenvalue weighted by molar-refractivity contribution is 0.355. The molecule has 0 saturated carbocycles. The fraction of sp³-hybridized carbons (Fsp3) is 0.111. The zero-order valence-electron chi connectivity index (χ0n) is 12.5. The highest BCUT2D eigenvalue weighted by Gasteiger charge is 2.03. The van der Waals surface area contributed by atoms with Crippen molar-refractivity contribution in [2.24, 2.45) is 4.99 Å². The Morgan fingerprint density at radius 3 is 2.59 bits per heavy atom. The molecule has 0 aliphatic heterocycles. The van der Waals surface area contributed by atoms with Crippen molar-refractivity contribution >= 4 is 22.8 Å². The number of fused-ring (bicyclic) bond motifs is 1. The molecule has 0 N–H and O–H groups in total. The van der Waals surface area contributed by atoms with E-state index >= 15 is 0 Å². The first-order chi connectivity index (χ1) is 10.8. The molecule has 22 heavy (non-hydrogen) atoms. The lowest BCUT2D eigenvalue weighted by Gasteiger charge is -2.07. The summed E-state index contributed by atoms with van der Waals surface area (Å²) in [6, 6.07) is 15.7. The first-order valence-corrected chi connectivity index (χ1v) is 6.91. The van der Waals surface area contributed by atoms with Crippen LogP contribution in [0.25, 0.3) is 10.9 Å². The minimum Gasteiger partial charge on any atom is -0.493 e. The normalized spacial score (nSPS) is 11.0. The molecule has 0 atom stereocenters. The number of benzene rings is 2. The molecule has 0 bridgehead atoms. The molecule has 4 nitrogen and oxygen atoms in total. The van der Waals surface area contributed by atoms with E-state index in [4.69, 9.17) is 9.47 Å². The van der Waals surface area contributed by atoms with Gasteiger partial charge in [-0.05, 0) is 35.9 Å². The molecular weight excluding hydrogens is 276 g/mol. The van der Waals surface area contributed by atoms with E-state index in [-0.39, 0.29) is 0 Å². The van der Waals surface area contributed by atoms with Crippen molar-refractivity contribution in [1.29, 1.82) is 0 Å². The summed E-state index contributed by atoms with van der Waals surface area (Å²) in [5.74, 6) is 1.38. The molecule has 1 aromatic heterocycles. The summed E-state index contributed by atoms with van der Waals surface area (Å²) in [6.07, 6.45) is 3.55. The second-order valence-electron chi connectivity index (χ2n) is 4.76. The predicted octanol–water partition coefficient (Wildman–Crippen LogP) is 4.00. The van der Waals surface area contributed by atoms with Gasteiger partial charge in [0.05, 0.1) is 31.6 Å². The Morgan fingerprint density at radius 1 is 0.955 bits per heavy atom.